The maximum atomic E-state index is 5.45. The molecule has 1 atom stereocenters. The average Bonchev–Trinajstić information content (AvgIpc) is 3.22. The van der Waals surface area contributed by atoms with E-state index in [1.165, 1.54) is 27.1 Å². The van der Waals surface area contributed by atoms with Crippen LogP contribution in [0.3, 0.4) is 0 Å². The fourth-order valence-electron chi connectivity index (χ4n) is 7.71. The highest BCUT2D eigenvalue weighted by Gasteiger charge is 2.24. The number of rotatable bonds is 5. The van der Waals surface area contributed by atoms with Crippen molar-refractivity contribution < 1.29 is 0 Å². The first kappa shape index (κ1) is 30.0. The first-order valence-electron chi connectivity index (χ1n) is 17.6. The van der Waals surface area contributed by atoms with E-state index in [0.29, 0.717) is 0 Å². The molecule has 4 heteroatoms. The van der Waals surface area contributed by atoms with E-state index in [9.17, 15) is 0 Å². The minimum absolute atomic E-state index is 0.133. The Morgan fingerprint density at radius 2 is 0.904 bits per heavy atom. The van der Waals surface area contributed by atoms with Crippen molar-refractivity contribution in [2.45, 2.75) is 6.04 Å². The molecule has 1 N–H and O–H groups in total. The number of fused-ring (bicyclic) bond motifs is 4. The number of benzene rings is 7. The van der Waals surface area contributed by atoms with Crippen molar-refractivity contribution in [3.8, 4) is 22.5 Å². The predicted octanol–water partition coefficient (Wildman–Crippen LogP) is 11.6. The highest BCUT2D eigenvalue weighted by atomic mass is 15.0. The number of aromatic nitrogens is 2. The molecule has 7 aromatic carbocycles. The van der Waals surface area contributed by atoms with Gasteiger partial charge in [0.25, 0.3) is 0 Å². The van der Waals surface area contributed by atoms with Crippen LogP contribution in [0.1, 0.15) is 22.7 Å². The van der Waals surface area contributed by atoms with Gasteiger partial charge in [-0.15, -0.1) is 0 Å². The van der Waals surface area contributed by atoms with E-state index >= 15 is 0 Å². The second-order valence-electron chi connectivity index (χ2n) is 13.3. The number of nitrogens with zero attached hydrogens (tertiary/aromatic N) is 3. The molecular weight excluding hydrogens is 633 g/mol. The fraction of sp³-hybridized carbons (Fsp3) is 0.0208. The second kappa shape index (κ2) is 12.4. The van der Waals surface area contributed by atoms with Gasteiger partial charge in [-0.25, -0.2) is 4.99 Å². The SMILES string of the molecule is C1=C(c2cccc3ccccc23)N=C(c2cc(-c3nccc4ccccc34)cc(-c3nccc4ccccc34)c2)NC1c1cccc2ccccc12. The van der Waals surface area contributed by atoms with Crippen molar-refractivity contribution in [3.05, 3.63) is 199 Å². The van der Waals surface area contributed by atoms with Crippen LogP contribution >= 0.6 is 0 Å². The van der Waals surface area contributed by atoms with Crippen molar-refractivity contribution in [2.24, 2.45) is 4.99 Å². The van der Waals surface area contributed by atoms with Crippen LogP contribution in [0.15, 0.2) is 187 Å². The molecule has 10 rings (SSSR count). The molecule has 1 aliphatic heterocycles. The lowest BCUT2D eigenvalue weighted by molar-refractivity contribution is 0.787. The summed E-state index contributed by atoms with van der Waals surface area (Å²) in [5, 5.41) is 13.2. The summed E-state index contributed by atoms with van der Waals surface area (Å²) in [5.41, 5.74) is 8.06. The molecule has 0 saturated carbocycles. The molecule has 1 unspecified atom stereocenters. The van der Waals surface area contributed by atoms with Crippen LogP contribution in [-0.2, 0) is 0 Å². The monoisotopic (exact) mass is 664 g/mol. The molecule has 0 aliphatic carbocycles. The summed E-state index contributed by atoms with van der Waals surface area (Å²) in [6.07, 6.45) is 6.07. The standard InChI is InChI=1S/C48H32N4/c1-5-17-38-31(11-1)15-9-21-42(38)44-30-45(43-22-10-16-32-12-2-6-18-39(32)43)52-48(51-44)37-28-35(46-40-19-7-3-13-33(40)23-25-49-46)27-36(29-37)47-41-20-8-4-14-34(41)24-26-50-47/h1-30,44H,(H,51,52). The minimum Gasteiger partial charge on any atom is -0.359 e. The molecule has 0 fully saturated rings. The van der Waals surface area contributed by atoms with E-state index < -0.39 is 0 Å². The maximum absolute atomic E-state index is 5.45. The number of hydrogen-bond acceptors (Lipinski definition) is 4. The van der Waals surface area contributed by atoms with Gasteiger partial charge < -0.3 is 5.32 Å². The summed E-state index contributed by atoms with van der Waals surface area (Å²) in [4.78, 5) is 15.4. The molecule has 0 amide bonds. The van der Waals surface area contributed by atoms with Gasteiger partial charge >= 0.3 is 0 Å². The fourth-order valence-corrected chi connectivity index (χ4v) is 7.71. The summed E-state index contributed by atoms with van der Waals surface area (Å²) in [7, 11) is 0. The summed E-state index contributed by atoms with van der Waals surface area (Å²) < 4.78 is 0. The second-order valence-corrected chi connectivity index (χ2v) is 13.3. The molecule has 4 nitrogen and oxygen atoms in total. The highest BCUT2D eigenvalue weighted by Crippen LogP contribution is 2.37. The van der Waals surface area contributed by atoms with E-state index in [0.717, 1.165) is 66.7 Å². The quantitative estimate of drug-likeness (QED) is 0.199. The Balaban J connectivity index is 1.23. The molecule has 0 radical (unpaired) electrons. The van der Waals surface area contributed by atoms with Crippen molar-refractivity contribution >= 4 is 54.6 Å². The Kier molecular flexibility index (Phi) is 7.17. The molecule has 9 aromatic rings. The smallest absolute Gasteiger partial charge is 0.134 e. The van der Waals surface area contributed by atoms with Crippen molar-refractivity contribution in [3.63, 3.8) is 0 Å². The van der Waals surface area contributed by atoms with Gasteiger partial charge in [0.1, 0.15) is 5.84 Å². The van der Waals surface area contributed by atoms with Crippen LogP contribution in [0, 0.1) is 0 Å². The van der Waals surface area contributed by atoms with Gasteiger partial charge in [-0.1, -0.05) is 133 Å². The lowest BCUT2D eigenvalue weighted by Gasteiger charge is -2.26. The van der Waals surface area contributed by atoms with E-state index in [1.807, 2.05) is 12.4 Å². The minimum atomic E-state index is -0.133. The molecule has 244 valence electrons. The van der Waals surface area contributed by atoms with E-state index in [1.54, 1.807) is 0 Å². The Morgan fingerprint density at radius 1 is 0.423 bits per heavy atom. The lowest BCUT2D eigenvalue weighted by Crippen LogP contribution is -2.31. The third-order valence-corrected chi connectivity index (χ3v) is 10.2. The van der Waals surface area contributed by atoms with E-state index in [4.69, 9.17) is 15.0 Å². The molecular formula is C48H32N4. The van der Waals surface area contributed by atoms with Crippen molar-refractivity contribution in [1.82, 2.24) is 15.3 Å². The van der Waals surface area contributed by atoms with E-state index in [-0.39, 0.29) is 6.04 Å². The zero-order chi connectivity index (χ0) is 34.4. The number of pyridine rings is 2. The van der Waals surface area contributed by atoms with Gasteiger partial charge in [-0.2, -0.15) is 0 Å². The Morgan fingerprint density at radius 3 is 1.54 bits per heavy atom. The first-order chi connectivity index (χ1) is 25.8. The zero-order valence-electron chi connectivity index (χ0n) is 28.2. The summed E-state index contributed by atoms with van der Waals surface area (Å²) in [6.45, 7) is 0. The third kappa shape index (κ3) is 5.21. The molecule has 2 aromatic heterocycles. The number of amidine groups is 1. The van der Waals surface area contributed by atoms with Crippen molar-refractivity contribution in [1.29, 1.82) is 0 Å². The largest absolute Gasteiger partial charge is 0.359 e. The predicted molar refractivity (Wildman–Crippen MR) is 216 cm³/mol. The maximum Gasteiger partial charge on any atom is 0.134 e. The number of nitrogens with one attached hydrogen (secondary N) is 1. The van der Waals surface area contributed by atoms with Gasteiger partial charge in [0.15, 0.2) is 0 Å². The number of aliphatic imine (C=N–C) groups is 1. The average molecular weight is 665 g/mol. The highest BCUT2D eigenvalue weighted by molar-refractivity contribution is 6.08. The topological polar surface area (TPSA) is 50.2 Å². The summed E-state index contributed by atoms with van der Waals surface area (Å²) in [5.74, 6) is 0.798. The van der Waals surface area contributed by atoms with Gasteiger partial charge in [-0.3, -0.25) is 9.97 Å². The van der Waals surface area contributed by atoms with Gasteiger partial charge in [0, 0.05) is 45.4 Å². The van der Waals surface area contributed by atoms with Crippen molar-refractivity contribution in [2.75, 3.05) is 0 Å². The zero-order valence-corrected chi connectivity index (χ0v) is 28.2. The Labute approximate surface area is 301 Å². The van der Waals surface area contributed by atoms with Crippen LogP contribution in [0.5, 0.6) is 0 Å². The molecule has 3 heterocycles. The van der Waals surface area contributed by atoms with Gasteiger partial charge in [0.05, 0.1) is 23.1 Å². The van der Waals surface area contributed by atoms with Gasteiger partial charge in [0.2, 0.25) is 0 Å². The third-order valence-electron chi connectivity index (χ3n) is 10.2. The lowest BCUT2D eigenvalue weighted by atomic mass is 9.93. The van der Waals surface area contributed by atoms with Crippen LogP contribution in [0.25, 0.3) is 71.3 Å². The van der Waals surface area contributed by atoms with Crippen LogP contribution in [-0.4, -0.2) is 15.8 Å². The van der Waals surface area contributed by atoms with Crippen LogP contribution in [0.4, 0.5) is 0 Å². The summed E-state index contributed by atoms with van der Waals surface area (Å²) >= 11 is 0. The molecule has 52 heavy (non-hydrogen) atoms. The van der Waals surface area contributed by atoms with E-state index in [2.05, 4.69) is 175 Å². The molecule has 0 bridgehead atoms. The molecule has 1 aliphatic rings. The first-order valence-corrected chi connectivity index (χ1v) is 17.6. The molecule has 0 saturated heterocycles. The van der Waals surface area contributed by atoms with Crippen LogP contribution in [0.2, 0.25) is 0 Å². The normalized spacial score (nSPS) is 14.3. The Hall–Kier alpha value is -6.91. The number of hydrogen-bond donors (Lipinski definition) is 1. The molecule has 0 spiro atoms. The Bertz CT molecular complexity index is 2780. The van der Waals surface area contributed by atoms with Gasteiger partial charge in [-0.05, 0) is 74.3 Å². The summed E-state index contributed by atoms with van der Waals surface area (Å²) in [6, 6.07) is 57.7. The van der Waals surface area contributed by atoms with Crippen LogP contribution < -0.4 is 5.32 Å².